The highest BCUT2D eigenvalue weighted by molar-refractivity contribution is 6.29. The Hall–Kier alpha value is -0.470. The lowest BCUT2D eigenvalue weighted by atomic mass is 9.92. The molecule has 66 valence electrons. The third-order valence-corrected chi connectivity index (χ3v) is 2.73. The number of furan rings is 1. The molecule has 0 aliphatic carbocycles. The summed E-state index contributed by atoms with van der Waals surface area (Å²) in [7, 11) is 0. The lowest BCUT2D eigenvalue weighted by Crippen LogP contribution is -2.26. The second kappa shape index (κ2) is 3.50. The van der Waals surface area contributed by atoms with Crippen molar-refractivity contribution >= 4 is 11.6 Å². The van der Waals surface area contributed by atoms with E-state index in [4.69, 9.17) is 16.0 Å². The van der Waals surface area contributed by atoms with Crippen LogP contribution >= 0.6 is 11.6 Å². The van der Waals surface area contributed by atoms with Gasteiger partial charge in [-0.25, -0.2) is 0 Å². The summed E-state index contributed by atoms with van der Waals surface area (Å²) in [4.78, 5) is 0. The van der Waals surface area contributed by atoms with Crippen LogP contribution in [0.2, 0.25) is 5.22 Å². The molecular weight excluding hydrogens is 174 g/mol. The average Bonchev–Trinajstić information content (AvgIpc) is 2.53. The summed E-state index contributed by atoms with van der Waals surface area (Å²) in [6.45, 7) is 2.18. The highest BCUT2D eigenvalue weighted by Gasteiger charge is 2.18. The Balaban J connectivity index is 2.13. The second-order valence-corrected chi connectivity index (χ2v) is 3.52. The maximum atomic E-state index is 5.89. The molecular formula is C9H12ClNO. The van der Waals surface area contributed by atoms with Crippen molar-refractivity contribution in [3.8, 4) is 0 Å². The predicted octanol–water partition coefficient (Wildman–Crippen LogP) is 2.40. The third kappa shape index (κ3) is 1.50. The monoisotopic (exact) mass is 185 g/mol. The largest absolute Gasteiger partial charge is 0.453 e. The van der Waals surface area contributed by atoms with E-state index in [9.17, 15) is 0 Å². The predicted molar refractivity (Wildman–Crippen MR) is 48.6 cm³/mol. The number of hydrogen-bond donors (Lipinski definition) is 1. The molecule has 0 radical (unpaired) electrons. The molecule has 2 nitrogen and oxygen atoms in total. The molecule has 0 bridgehead atoms. The standard InChI is InChI=1S/C9H12ClNO/c10-9-8(3-6-12-9)7-1-4-11-5-2-7/h3,6-7,11H,1-2,4-5H2. The molecule has 0 spiro atoms. The zero-order valence-corrected chi connectivity index (χ0v) is 7.60. The minimum atomic E-state index is 0.571. The highest BCUT2D eigenvalue weighted by Crippen LogP contribution is 2.31. The van der Waals surface area contributed by atoms with Gasteiger partial charge in [-0.15, -0.1) is 0 Å². The molecule has 1 saturated heterocycles. The summed E-state index contributed by atoms with van der Waals surface area (Å²) >= 11 is 5.89. The Morgan fingerprint density at radius 1 is 1.42 bits per heavy atom. The molecule has 1 N–H and O–H groups in total. The fraction of sp³-hybridized carbons (Fsp3) is 0.556. The molecule has 1 aromatic rings. The van der Waals surface area contributed by atoms with E-state index in [-0.39, 0.29) is 0 Å². The number of rotatable bonds is 1. The van der Waals surface area contributed by atoms with Crippen molar-refractivity contribution in [2.24, 2.45) is 0 Å². The zero-order chi connectivity index (χ0) is 8.39. The van der Waals surface area contributed by atoms with Gasteiger partial charge in [0.1, 0.15) is 0 Å². The molecule has 1 aliphatic heterocycles. The van der Waals surface area contributed by atoms with E-state index >= 15 is 0 Å². The first-order valence-corrected chi connectivity index (χ1v) is 4.69. The van der Waals surface area contributed by atoms with E-state index in [1.54, 1.807) is 6.26 Å². The van der Waals surface area contributed by atoms with Gasteiger partial charge in [0, 0.05) is 5.56 Å². The Labute approximate surface area is 76.9 Å². The van der Waals surface area contributed by atoms with Crippen molar-refractivity contribution in [1.29, 1.82) is 0 Å². The van der Waals surface area contributed by atoms with Crippen LogP contribution in [0.15, 0.2) is 16.7 Å². The van der Waals surface area contributed by atoms with Gasteiger partial charge in [-0.2, -0.15) is 0 Å². The molecule has 2 rings (SSSR count). The molecule has 0 saturated carbocycles. The van der Waals surface area contributed by atoms with Crippen molar-refractivity contribution < 1.29 is 4.42 Å². The molecule has 12 heavy (non-hydrogen) atoms. The molecule has 0 amide bonds. The van der Waals surface area contributed by atoms with Gasteiger partial charge in [0.25, 0.3) is 0 Å². The molecule has 1 aliphatic rings. The lowest BCUT2D eigenvalue weighted by molar-refractivity contribution is 0.455. The minimum absolute atomic E-state index is 0.571. The van der Waals surface area contributed by atoms with E-state index in [2.05, 4.69) is 5.32 Å². The van der Waals surface area contributed by atoms with Gasteiger partial charge in [-0.05, 0) is 49.5 Å². The maximum Gasteiger partial charge on any atom is 0.196 e. The zero-order valence-electron chi connectivity index (χ0n) is 6.85. The van der Waals surface area contributed by atoms with E-state index in [1.807, 2.05) is 6.07 Å². The Bertz CT molecular complexity index is 253. The van der Waals surface area contributed by atoms with Crippen molar-refractivity contribution in [3.05, 3.63) is 23.1 Å². The average molecular weight is 186 g/mol. The van der Waals surface area contributed by atoms with Crippen LogP contribution in [0.25, 0.3) is 0 Å². The number of piperidine rings is 1. The van der Waals surface area contributed by atoms with Gasteiger partial charge >= 0.3 is 0 Å². The summed E-state index contributed by atoms with van der Waals surface area (Å²) in [5.74, 6) is 0.595. The summed E-state index contributed by atoms with van der Waals surface area (Å²) < 4.78 is 5.06. The fourth-order valence-corrected chi connectivity index (χ4v) is 2.00. The fourth-order valence-electron chi connectivity index (χ4n) is 1.73. The van der Waals surface area contributed by atoms with Gasteiger partial charge in [-0.3, -0.25) is 0 Å². The third-order valence-electron chi connectivity index (χ3n) is 2.43. The first kappa shape index (κ1) is 8.14. The van der Waals surface area contributed by atoms with Gasteiger partial charge in [0.2, 0.25) is 0 Å². The normalized spacial score (nSPS) is 19.8. The summed E-state index contributed by atoms with van der Waals surface area (Å²) in [5, 5.41) is 3.89. The van der Waals surface area contributed by atoms with Crippen LogP contribution in [0.5, 0.6) is 0 Å². The topological polar surface area (TPSA) is 25.2 Å². The molecule has 3 heteroatoms. The second-order valence-electron chi connectivity index (χ2n) is 3.17. The van der Waals surface area contributed by atoms with Crippen LogP contribution < -0.4 is 5.32 Å². The smallest absolute Gasteiger partial charge is 0.196 e. The SMILES string of the molecule is Clc1occc1C1CCNCC1. The van der Waals surface area contributed by atoms with Crippen molar-refractivity contribution in [1.82, 2.24) is 5.32 Å². The molecule has 1 fully saturated rings. The molecule has 0 unspecified atom stereocenters. The van der Waals surface area contributed by atoms with Gasteiger partial charge in [-0.1, -0.05) is 0 Å². The van der Waals surface area contributed by atoms with Crippen LogP contribution in [0, 0.1) is 0 Å². The molecule has 0 atom stereocenters. The van der Waals surface area contributed by atoms with Crippen LogP contribution in [0.3, 0.4) is 0 Å². The van der Waals surface area contributed by atoms with E-state index < -0.39 is 0 Å². The number of nitrogens with one attached hydrogen (secondary N) is 1. The number of halogens is 1. The van der Waals surface area contributed by atoms with Crippen molar-refractivity contribution in [2.75, 3.05) is 13.1 Å². The van der Waals surface area contributed by atoms with Gasteiger partial charge in [0.05, 0.1) is 6.26 Å². The van der Waals surface area contributed by atoms with E-state index in [0.29, 0.717) is 11.1 Å². The van der Waals surface area contributed by atoms with Crippen molar-refractivity contribution in [3.63, 3.8) is 0 Å². The number of hydrogen-bond acceptors (Lipinski definition) is 2. The van der Waals surface area contributed by atoms with Gasteiger partial charge in [0.15, 0.2) is 5.22 Å². The van der Waals surface area contributed by atoms with Crippen LogP contribution in [0.4, 0.5) is 0 Å². The first-order chi connectivity index (χ1) is 5.88. The summed E-state index contributed by atoms with van der Waals surface area (Å²) in [5.41, 5.74) is 1.18. The Kier molecular flexibility index (Phi) is 2.38. The Morgan fingerprint density at radius 2 is 2.17 bits per heavy atom. The van der Waals surface area contributed by atoms with E-state index in [0.717, 1.165) is 13.1 Å². The highest BCUT2D eigenvalue weighted by atomic mass is 35.5. The minimum Gasteiger partial charge on any atom is -0.453 e. The van der Waals surface area contributed by atoms with Gasteiger partial charge < -0.3 is 9.73 Å². The summed E-state index contributed by atoms with van der Waals surface area (Å²) in [6, 6.07) is 1.98. The molecule has 0 aromatic carbocycles. The molecule has 1 aromatic heterocycles. The molecule has 2 heterocycles. The quantitative estimate of drug-likeness (QED) is 0.727. The van der Waals surface area contributed by atoms with Crippen molar-refractivity contribution in [2.45, 2.75) is 18.8 Å². The van der Waals surface area contributed by atoms with Crippen LogP contribution in [-0.2, 0) is 0 Å². The lowest BCUT2D eigenvalue weighted by Gasteiger charge is -2.21. The first-order valence-electron chi connectivity index (χ1n) is 4.31. The van der Waals surface area contributed by atoms with E-state index in [1.165, 1.54) is 18.4 Å². The summed E-state index contributed by atoms with van der Waals surface area (Å²) in [6.07, 6.45) is 4.00. The van der Waals surface area contributed by atoms with Crippen LogP contribution in [-0.4, -0.2) is 13.1 Å². The Morgan fingerprint density at radius 3 is 2.75 bits per heavy atom. The maximum absolute atomic E-state index is 5.89. The van der Waals surface area contributed by atoms with Crippen LogP contribution in [0.1, 0.15) is 24.3 Å².